The Morgan fingerprint density at radius 1 is 1.20 bits per heavy atom. The summed E-state index contributed by atoms with van der Waals surface area (Å²) in [5.41, 5.74) is 2.02. The van der Waals surface area contributed by atoms with Gasteiger partial charge in [-0.3, -0.25) is 0 Å². The number of hydrogen-bond donors (Lipinski definition) is 1. The summed E-state index contributed by atoms with van der Waals surface area (Å²) in [7, 11) is 0.250. The van der Waals surface area contributed by atoms with E-state index in [1.54, 1.807) is 34.8 Å². The molecule has 1 aromatic carbocycles. The van der Waals surface area contributed by atoms with Crippen LogP contribution < -0.4 is 15.3 Å². The monoisotopic (exact) mass is 447 g/mol. The van der Waals surface area contributed by atoms with Gasteiger partial charge < -0.3 is 10.0 Å². The van der Waals surface area contributed by atoms with Crippen LogP contribution in [0.4, 0.5) is 5.00 Å². The van der Waals surface area contributed by atoms with Crippen LogP contribution in [0.1, 0.15) is 16.0 Å². The first-order valence-corrected chi connectivity index (χ1v) is 14.2. The number of likely N-dealkylation sites (N-methyl/N-ethyl adjacent to an activating group) is 1. The van der Waals surface area contributed by atoms with E-state index in [0.29, 0.717) is 17.8 Å². The van der Waals surface area contributed by atoms with Crippen molar-refractivity contribution in [2.24, 2.45) is 0 Å². The van der Waals surface area contributed by atoms with Crippen LogP contribution in [-0.2, 0) is 0 Å². The van der Waals surface area contributed by atoms with Crippen LogP contribution >= 0.6 is 22.7 Å². The van der Waals surface area contributed by atoms with Gasteiger partial charge in [-0.1, -0.05) is 25.2 Å². The van der Waals surface area contributed by atoms with E-state index in [1.807, 2.05) is 25.3 Å². The lowest BCUT2D eigenvalue weighted by Crippen LogP contribution is -2.48. The average molecular weight is 448 g/mol. The molecule has 0 amide bonds. The maximum absolute atomic E-state index is 9.27. The highest BCUT2D eigenvalue weighted by molar-refractivity contribution is 7.30. The van der Waals surface area contributed by atoms with Gasteiger partial charge in [0.25, 0.3) is 0 Å². The summed E-state index contributed by atoms with van der Waals surface area (Å²) >= 11 is 3.56. The van der Waals surface area contributed by atoms with Crippen LogP contribution in [0.25, 0.3) is 26.4 Å². The Labute approximate surface area is 185 Å². The number of nitrogens with zero attached hydrogens (tertiary/aromatic N) is 3. The minimum Gasteiger partial charge on any atom is -0.395 e. The number of hydrogen-bond acceptors (Lipinski definition) is 5. The second-order valence-corrected chi connectivity index (χ2v) is 14.3. The van der Waals surface area contributed by atoms with Crippen molar-refractivity contribution in [2.45, 2.75) is 13.1 Å². The lowest BCUT2D eigenvalue weighted by Gasteiger charge is -2.18. The van der Waals surface area contributed by atoms with Crippen LogP contribution in [0.15, 0.2) is 36.4 Å². The molecule has 0 bridgehead atoms. The number of benzene rings is 1. The SMILES string of the molecule is [C-]#[N+]/C(=C\c1cc2c(s1)-c1sc(N(C)CCO)cc1[Si]2(C)C)c1ccc(C#N)cc1. The van der Waals surface area contributed by atoms with Gasteiger partial charge in [0.15, 0.2) is 5.70 Å². The van der Waals surface area contributed by atoms with E-state index >= 15 is 0 Å². The normalized spacial score (nSPS) is 14.0. The van der Waals surface area contributed by atoms with E-state index in [2.05, 4.69) is 41.0 Å². The molecule has 30 heavy (non-hydrogen) atoms. The molecule has 0 unspecified atom stereocenters. The highest BCUT2D eigenvalue weighted by Gasteiger charge is 2.41. The number of fused-ring (bicyclic) bond motifs is 3. The van der Waals surface area contributed by atoms with Crippen molar-refractivity contribution in [3.8, 4) is 15.8 Å². The molecule has 4 nitrogen and oxygen atoms in total. The second-order valence-electron chi connectivity index (χ2n) is 7.82. The third-order valence-corrected chi connectivity index (χ3v) is 11.9. The fourth-order valence-electron chi connectivity index (χ4n) is 3.75. The topological polar surface area (TPSA) is 51.6 Å². The number of aliphatic hydroxyl groups is 1. The van der Waals surface area contributed by atoms with Crippen LogP contribution in [0, 0.1) is 17.9 Å². The summed E-state index contributed by atoms with van der Waals surface area (Å²) in [6.45, 7) is 13.2. The maximum Gasteiger partial charge on any atom is 0.195 e. The largest absolute Gasteiger partial charge is 0.395 e. The van der Waals surface area contributed by atoms with E-state index in [-0.39, 0.29) is 6.61 Å². The molecule has 3 aromatic rings. The molecule has 0 spiro atoms. The van der Waals surface area contributed by atoms with Gasteiger partial charge in [-0.05, 0) is 46.3 Å². The Morgan fingerprint density at radius 3 is 2.50 bits per heavy atom. The van der Waals surface area contributed by atoms with Gasteiger partial charge in [-0.15, -0.1) is 22.7 Å². The number of anilines is 1. The Hall–Kier alpha value is -2.68. The first-order valence-electron chi connectivity index (χ1n) is 9.59. The first kappa shape index (κ1) is 20.6. The lowest BCUT2D eigenvalue weighted by atomic mass is 10.1. The molecule has 1 N–H and O–H groups in total. The molecule has 0 fully saturated rings. The molecule has 0 radical (unpaired) electrons. The fraction of sp³-hybridized carbons (Fsp3) is 0.217. The van der Waals surface area contributed by atoms with E-state index in [4.69, 9.17) is 11.8 Å². The molecule has 0 atom stereocenters. The third-order valence-electron chi connectivity index (χ3n) is 5.54. The number of nitriles is 1. The van der Waals surface area contributed by atoms with E-state index in [9.17, 15) is 5.11 Å². The van der Waals surface area contributed by atoms with Crippen LogP contribution in [0.5, 0.6) is 0 Å². The summed E-state index contributed by atoms with van der Waals surface area (Å²) < 4.78 is 0. The number of rotatable bonds is 5. The van der Waals surface area contributed by atoms with Gasteiger partial charge in [0.2, 0.25) is 0 Å². The van der Waals surface area contributed by atoms with Gasteiger partial charge in [0, 0.05) is 28.2 Å². The van der Waals surface area contributed by atoms with Crippen molar-refractivity contribution in [1.29, 1.82) is 5.26 Å². The number of aliphatic hydroxyl groups excluding tert-OH is 1. The van der Waals surface area contributed by atoms with Crippen LogP contribution in [0.3, 0.4) is 0 Å². The molecular formula is C23H21N3OS2Si. The van der Waals surface area contributed by atoms with E-state index < -0.39 is 8.07 Å². The summed E-state index contributed by atoms with van der Waals surface area (Å²) in [5, 5.41) is 22.4. The fourth-order valence-corrected chi connectivity index (χ4v) is 10.9. The summed E-state index contributed by atoms with van der Waals surface area (Å²) in [5.74, 6) is 0. The van der Waals surface area contributed by atoms with Gasteiger partial charge >= 0.3 is 0 Å². The Morgan fingerprint density at radius 2 is 1.87 bits per heavy atom. The van der Waals surface area contributed by atoms with Gasteiger partial charge in [-0.2, -0.15) is 5.26 Å². The van der Waals surface area contributed by atoms with E-state index in [1.165, 1.54) is 25.1 Å². The molecule has 2 aromatic heterocycles. The minimum absolute atomic E-state index is 0.147. The van der Waals surface area contributed by atoms with Crippen molar-refractivity contribution in [2.75, 3.05) is 25.1 Å². The Balaban J connectivity index is 1.73. The predicted octanol–water partition coefficient (Wildman–Crippen LogP) is 4.33. The van der Waals surface area contributed by atoms with Crippen LogP contribution in [0.2, 0.25) is 13.1 Å². The molecule has 150 valence electrons. The molecule has 1 aliphatic heterocycles. The Kier molecular flexibility index (Phi) is 5.39. The zero-order valence-corrected chi connectivity index (χ0v) is 19.7. The Bertz CT molecular complexity index is 1220. The van der Waals surface area contributed by atoms with Crippen molar-refractivity contribution in [3.05, 3.63) is 63.8 Å². The third kappa shape index (κ3) is 3.40. The zero-order chi connectivity index (χ0) is 21.5. The molecular weight excluding hydrogens is 426 g/mol. The highest BCUT2D eigenvalue weighted by Crippen LogP contribution is 2.42. The zero-order valence-electron chi connectivity index (χ0n) is 17.1. The van der Waals surface area contributed by atoms with Crippen molar-refractivity contribution < 1.29 is 5.11 Å². The van der Waals surface area contributed by atoms with E-state index in [0.717, 1.165) is 10.4 Å². The van der Waals surface area contributed by atoms with Crippen molar-refractivity contribution in [1.82, 2.24) is 0 Å². The summed E-state index contributed by atoms with van der Waals surface area (Å²) in [6, 6.07) is 13.9. The highest BCUT2D eigenvalue weighted by atomic mass is 32.1. The van der Waals surface area contributed by atoms with Crippen LogP contribution in [-0.4, -0.2) is 33.4 Å². The first-order chi connectivity index (χ1) is 14.4. The second kappa shape index (κ2) is 7.86. The molecule has 1 aliphatic rings. The van der Waals surface area contributed by atoms with Crippen molar-refractivity contribution in [3.63, 3.8) is 0 Å². The van der Waals surface area contributed by atoms with Gasteiger partial charge in [-0.25, -0.2) is 4.85 Å². The molecule has 4 rings (SSSR count). The smallest absolute Gasteiger partial charge is 0.195 e. The maximum atomic E-state index is 9.27. The van der Waals surface area contributed by atoms with Crippen molar-refractivity contribution >= 4 is 57.9 Å². The lowest BCUT2D eigenvalue weighted by molar-refractivity contribution is 0.304. The molecule has 0 saturated heterocycles. The van der Waals surface area contributed by atoms with Gasteiger partial charge in [0.05, 0.1) is 29.8 Å². The average Bonchev–Trinajstić information content (AvgIpc) is 3.41. The van der Waals surface area contributed by atoms with Gasteiger partial charge in [0.1, 0.15) is 8.07 Å². The molecule has 7 heteroatoms. The molecule has 3 heterocycles. The standard InChI is InChI=1S/C23H21N3OS2Si/c1-25-18(16-7-5-15(14-24)6-8-16)11-17-12-19-22(28-17)23-20(30(19,3)4)13-21(29-23)26(2)9-10-27/h5-8,11-13,27H,9-10H2,2-4H3/b18-11-. The summed E-state index contributed by atoms with van der Waals surface area (Å²) in [6.07, 6.45) is 1.97. The minimum atomic E-state index is -1.77. The quantitative estimate of drug-likeness (QED) is 0.468. The predicted molar refractivity (Wildman–Crippen MR) is 130 cm³/mol. The molecule has 0 saturated carbocycles. The summed E-state index contributed by atoms with van der Waals surface area (Å²) in [4.78, 5) is 9.64. The molecule has 0 aliphatic carbocycles. The number of thiophene rings is 2.